The van der Waals surface area contributed by atoms with Crippen molar-refractivity contribution in [2.24, 2.45) is 11.3 Å². The molecule has 3 rings (SSSR count). The van der Waals surface area contributed by atoms with E-state index in [1.807, 2.05) is 32.0 Å². The standard InChI is InChI=1S/C22H32N2O4/c1-14-9-21(4,5)13-22(10-14)19(26)24(20(27)23-22)11-17(25)12-28-18-15(2)7-6-8-16(18)3/h6-8,14,17,25H,9-13H2,1-5H3,(H,23,27)/t14-,17-,22-/m1/s1. The number of para-hydroxylation sites is 1. The van der Waals surface area contributed by atoms with Gasteiger partial charge in [0.1, 0.15) is 24.0 Å². The van der Waals surface area contributed by atoms with Gasteiger partial charge in [0.2, 0.25) is 0 Å². The minimum atomic E-state index is -0.946. The summed E-state index contributed by atoms with van der Waals surface area (Å²) >= 11 is 0. The fourth-order valence-electron chi connectivity index (χ4n) is 5.14. The lowest BCUT2D eigenvalue weighted by molar-refractivity contribution is -0.135. The number of rotatable bonds is 5. The Balaban J connectivity index is 1.66. The van der Waals surface area contributed by atoms with Crippen molar-refractivity contribution in [3.8, 4) is 5.75 Å². The average molecular weight is 389 g/mol. The third kappa shape index (κ3) is 4.02. The summed E-state index contributed by atoms with van der Waals surface area (Å²) in [4.78, 5) is 26.8. The molecule has 1 aliphatic carbocycles. The van der Waals surface area contributed by atoms with Crippen LogP contribution in [0.25, 0.3) is 0 Å². The lowest BCUT2D eigenvalue weighted by Gasteiger charge is -2.43. The number of aliphatic hydroxyl groups excluding tert-OH is 1. The highest BCUT2D eigenvalue weighted by Crippen LogP contribution is 2.46. The fourth-order valence-corrected chi connectivity index (χ4v) is 5.14. The molecule has 0 bridgehead atoms. The number of ether oxygens (including phenoxy) is 1. The number of imide groups is 1. The highest BCUT2D eigenvalue weighted by molar-refractivity contribution is 6.07. The van der Waals surface area contributed by atoms with Gasteiger partial charge in [0.05, 0.1) is 6.54 Å². The Morgan fingerprint density at radius 1 is 1.25 bits per heavy atom. The molecule has 3 atom stereocenters. The highest BCUT2D eigenvalue weighted by atomic mass is 16.5. The molecule has 1 heterocycles. The van der Waals surface area contributed by atoms with Crippen LogP contribution in [-0.2, 0) is 4.79 Å². The normalized spacial score (nSPS) is 27.8. The van der Waals surface area contributed by atoms with Crippen LogP contribution in [0.5, 0.6) is 5.75 Å². The van der Waals surface area contributed by atoms with Crippen molar-refractivity contribution in [1.29, 1.82) is 0 Å². The lowest BCUT2D eigenvalue weighted by atomic mass is 9.64. The van der Waals surface area contributed by atoms with Crippen molar-refractivity contribution < 1.29 is 19.4 Å². The first-order chi connectivity index (χ1) is 13.0. The van der Waals surface area contributed by atoms with Crippen molar-refractivity contribution in [2.75, 3.05) is 13.2 Å². The second-order valence-electron chi connectivity index (χ2n) is 9.47. The zero-order valence-electron chi connectivity index (χ0n) is 17.5. The van der Waals surface area contributed by atoms with E-state index in [1.165, 1.54) is 0 Å². The Morgan fingerprint density at radius 2 is 1.89 bits per heavy atom. The van der Waals surface area contributed by atoms with Crippen LogP contribution in [0.2, 0.25) is 0 Å². The maximum atomic E-state index is 13.1. The van der Waals surface area contributed by atoms with Crippen molar-refractivity contribution in [1.82, 2.24) is 10.2 Å². The van der Waals surface area contributed by atoms with Gasteiger partial charge in [-0.2, -0.15) is 0 Å². The third-order valence-electron chi connectivity index (χ3n) is 5.85. The van der Waals surface area contributed by atoms with Crippen LogP contribution < -0.4 is 10.1 Å². The molecule has 1 saturated heterocycles. The quantitative estimate of drug-likeness (QED) is 0.760. The zero-order valence-corrected chi connectivity index (χ0v) is 17.5. The molecule has 1 aromatic rings. The maximum Gasteiger partial charge on any atom is 0.325 e. The number of aryl methyl sites for hydroxylation is 2. The first-order valence-corrected chi connectivity index (χ1v) is 10.0. The number of β-amino-alcohol motifs (C(OH)–C–C–N with tert-alkyl or cyclic N) is 1. The molecule has 3 amide bonds. The predicted octanol–water partition coefficient (Wildman–Crippen LogP) is 3.18. The summed E-state index contributed by atoms with van der Waals surface area (Å²) in [5.74, 6) is 0.867. The molecular formula is C22H32N2O4. The number of hydrogen-bond donors (Lipinski definition) is 2. The van der Waals surface area contributed by atoms with E-state index in [0.717, 1.165) is 28.2 Å². The summed E-state index contributed by atoms with van der Waals surface area (Å²) in [5.41, 5.74) is 1.12. The Labute approximate surface area is 167 Å². The molecule has 0 radical (unpaired) electrons. The fraction of sp³-hybridized carbons (Fsp3) is 0.636. The van der Waals surface area contributed by atoms with E-state index in [9.17, 15) is 14.7 Å². The van der Waals surface area contributed by atoms with Crippen LogP contribution in [0.3, 0.4) is 0 Å². The molecule has 2 aliphatic rings. The summed E-state index contributed by atoms with van der Waals surface area (Å²) in [6.07, 6.45) is 1.36. The summed E-state index contributed by atoms with van der Waals surface area (Å²) in [6.45, 7) is 10.3. The summed E-state index contributed by atoms with van der Waals surface area (Å²) in [7, 11) is 0. The lowest BCUT2D eigenvalue weighted by Crippen LogP contribution is -2.54. The van der Waals surface area contributed by atoms with Crippen molar-refractivity contribution in [2.45, 2.75) is 65.5 Å². The number of benzene rings is 1. The molecule has 1 aromatic carbocycles. The first-order valence-electron chi connectivity index (χ1n) is 10.0. The minimum Gasteiger partial charge on any atom is -0.490 e. The SMILES string of the molecule is Cc1cccc(C)c1OC[C@H](O)CN1C(=O)N[C@@]2(C[C@H](C)CC(C)(C)C2)C1=O. The van der Waals surface area contributed by atoms with E-state index >= 15 is 0 Å². The van der Waals surface area contributed by atoms with E-state index in [2.05, 4.69) is 26.1 Å². The average Bonchev–Trinajstić information content (AvgIpc) is 2.76. The Hall–Kier alpha value is -2.08. The first kappa shape index (κ1) is 20.6. The summed E-state index contributed by atoms with van der Waals surface area (Å²) in [6, 6.07) is 5.43. The number of aliphatic hydroxyl groups is 1. The van der Waals surface area contributed by atoms with Gasteiger partial charge in [-0.25, -0.2) is 4.79 Å². The van der Waals surface area contributed by atoms with E-state index in [1.54, 1.807) is 0 Å². The molecule has 6 heteroatoms. The molecule has 154 valence electrons. The van der Waals surface area contributed by atoms with Gasteiger partial charge in [0.15, 0.2) is 0 Å². The van der Waals surface area contributed by atoms with E-state index in [-0.39, 0.29) is 24.5 Å². The van der Waals surface area contributed by atoms with E-state index in [4.69, 9.17) is 4.74 Å². The number of hydrogen-bond acceptors (Lipinski definition) is 4. The van der Waals surface area contributed by atoms with Crippen LogP contribution in [0, 0.1) is 25.2 Å². The smallest absolute Gasteiger partial charge is 0.325 e. The van der Waals surface area contributed by atoms with Gasteiger partial charge >= 0.3 is 6.03 Å². The van der Waals surface area contributed by atoms with Crippen LogP contribution in [-0.4, -0.2) is 46.7 Å². The Bertz CT molecular complexity index is 756. The molecule has 0 aromatic heterocycles. The number of carbonyl (C=O) groups is 2. The number of nitrogens with zero attached hydrogens (tertiary/aromatic N) is 1. The number of urea groups is 1. The second-order valence-corrected chi connectivity index (χ2v) is 9.47. The summed E-state index contributed by atoms with van der Waals surface area (Å²) < 4.78 is 5.78. The van der Waals surface area contributed by atoms with Gasteiger partial charge in [-0.15, -0.1) is 0 Å². The zero-order chi connectivity index (χ0) is 20.7. The van der Waals surface area contributed by atoms with Crippen LogP contribution >= 0.6 is 0 Å². The second kappa shape index (κ2) is 7.39. The number of nitrogens with one attached hydrogen (secondary N) is 1. The van der Waals surface area contributed by atoms with Gasteiger partial charge in [0.25, 0.3) is 5.91 Å². The Morgan fingerprint density at radius 3 is 2.50 bits per heavy atom. The highest BCUT2D eigenvalue weighted by Gasteiger charge is 2.56. The largest absolute Gasteiger partial charge is 0.490 e. The molecule has 2 fully saturated rings. The molecule has 1 saturated carbocycles. The van der Waals surface area contributed by atoms with Crippen LogP contribution in [0.1, 0.15) is 51.2 Å². The molecule has 0 unspecified atom stereocenters. The molecule has 1 aliphatic heterocycles. The Kier molecular flexibility index (Phi) is 5.45. The number of carbonyl (C=O) groups excluding carboxylic acids is 2. The maximum absolute atomic E-state index is 13.1. The molecule has 1 spiro atoms. The van der Waals surface area contributed by atoms with Gasteiger partial charge in [-0.1, -0.05) is 39.0 Å². The van der Waals surface area contributed by atoms with Gasteiger partial charge in [0, 0.05) is 0 Å². The van der Waals surface area contributed by atoms with Crippen LogP contribution in [0.4, 0.5) is 4.79 Å². The van der Waals surface area contributed by atoms with Crippen LogP contribution in [0.15, 0.2) is 18.2 Å². The molecule has 2 N–H and O–H groups in total. The van der Waals surface area contributed by atoms with Crippen molar-refractivity contribution >= 4 is 11.9 Å². The topological polar surface area (TPSA) is 78.9 Å². The van der Waals surface area contributed by atoms with Gasteiger partial charge < -0.3 is 15.2 Å². The monoisotopic (exact) mass is 388 g/mol. The van der Waals surface area contributed by atoms with E-state index in [0.29, 0.717) is 18.8 Å². The molecular weight excluding hydrogens is 356 g/mol. The predicted molar refractivity (Wildman–Crippen MR) is 107 cm³/mol. The summed E-state index contributed by atoms with van der Waals surface area (Å²) in [5, 5.41) is 13.4. The molecule has 28 heavy (non-hydrogen) atoms. The van der Waals surface area contributed by atoms with Gasteiger partial charge in [-0.05, 0) is 55.6 Å². The van der Waals surface area contributed by atoms with Crippen molar-refractivity contribution in [3.05, 3.63) is 29.3 Å². The van der Waals surface area contributed by atoms with Gasteiger partial charge in [-0.3, -0.25) is 9.69 Å². The molecule has 6 nitrogen and oxygen atoms in total. The minimum absolute atomic E-state index is 0.0132. The third-order valence-corrected chi connectivity index (χ3v) is 5.85. The van der Waals surface area contributed by atoms with E-state index < -0.39 is 17.7 Å². The number of amides is 3. The van der Waals surface area contributed by atoms with Crippen molar-refractivity contribution in [3.63, 3.8) is 0 Å².